The van der Waals surface area contributed by atoms with Crippen LogP contribution in [0.4, 0.5) is 5.69 Å². The second-order valence-electron chi connectivity index (χ2n) is 4.85. The second-order valence-corrected chi connectivity index (χ2v) is 7.57. The lowest BCUT2D eigenvalue weighted by molar-refractivity contribution is 0.597. The summed E-state index contributed by atoms with van der Waals surface area (Å²) in [5.41, 5.74) is 3.17. The first kappa shape index (κ1) is 15.9. The number of anilines is 1. The molecule has 5 heteroatoms. The Morgan fingerprint density at radius 1 is 1.10 bits per heavy atom. The average Bonchev–Trinajstić information content (AvgIpc) is 2.47. The molecule has 0 saturated carbocycles. The standard InChI is InChI=1S/C16H18ClNO2S/c1-3-21(19,20)16-8-6-15(7-9-16)18-11-13-4-5-14(17)10-12(13)2/h4-10,18H,3,11H2,1-2H3. The van der Waals surface area contributed by atoms with Crippen LogP contribution in [0.2, 0.25) is 5.02 Å². The molecule has 2 aromatic carbocycles. The number of aryl methyl sites for hydroxylation is 1. The minimum atomic E-state index is -3.14. The van der Waals surface area contributed by atoms with E-state index in [1.807, 2.05) is 25.1 Å². The van der Waals surface area contributed by atoms with Gasteiger partial charge in [-0.25, -0.2) is 8.42 Å². The van der Waals surface area contributed by atoms with Crippen molar-refractivity contribution in [2.24, 2.45) is 0 Å². The molecule has 0 bridgehead atoms. The molecule has 0 fully saturated rings. The molecule has 1 N–H and O–H groups in total. The Labute approximate surface area is 130 Å². The van der Waals surface area contributed by atoms with E-state index in [1.54, 1.807) is 31.2 Å². The Morgan fingerprint density at radius 2 is 1.76 bits per heavy atom. The van der Waals surface area contributed by atoms with E-state index in [0.717, 1.165) is 21.8 Å². The molecule has 112 valence electrons. The minimum Gasteiger partial charge on any atom is -0.381 e. The van der Waals surface area contributed by atoms with E-state index < -0.39 is 9.84 Å². The number of rotatable bonds is 5. The average molecular weight is 324 g/mol. The molecular weight excluding hydrogens is 306 g/mol. The summed E-state index contributed by atoms with van der Waals surface area (Å²) in [5.74, 6) is 0.115. The van der Waals surface area contributed by atoms with Crippen molar-refractivity contribution in [3.63, 3.8) is 0 Å². The molecule has 2 aromatic rings. The maximum atomic E-state index is 11.7. The number of hydrogen-bond donors (Lipinski definition) is 1. The van der Waals surface area contributed by atoms with E-state index in [9.17, 15) is 8.42 Å². The summed E-state index contributed by atoms with van der Waals surface area (Å²) in [6.07, 6.45) is 0. The van der Waals surface area contributed by atoms with Crippen molar-refractivity contribution < 1.29 is 8.42 Å². The van der Waals surface area contributed by atoms with Crippen LogP contribution in [0.15, 0.2) is 47.4 Å². The molecule has 0 heterocycles. The lowest BCUT2D eigenvalue weighted by Gasteiger charge is -2.10. The Kier molecular flexibility index (Phi) is 4.91. The van der Waals surface area contributed by atoms with Crippen LogP contribution in [0, 0.1) is 6.92 Å². The highest BCUT2D eigenvalue weighted by atomic mass is 35.5. The highest BCUT2D eigenvalue weighted by Gasteiger charge is 2.10. The van der Waals surface area contributed by atoms with Gasteiger partial charge < -0.3 is 5.32 Å². The molecule has 0 saturated heterocycles. The van der Waals surface area contributed by atoms with Gasteiger partial charge in [0, 0.05) is 17.3 Å². The molecule has 0 aromatic heterocycles. The molecule has 0 unspecified atom stereocenters. The van der Waals surface area contributed by atoms with Gasteiger partial charge in [-0.15, -0.1) is 0 Å². The van der Waals surface area contributed by atoms with E-state index in [-0.39, 0.29) is 5.75 Å². The zero-order valence-corrected chi connectivity index (χ0v) is 13.6. The van der Waals surface area contributed by atoms with Gasteiger partial charge in [0.25, 0.3) is 0 Å². The largest absolute Gasteiger partial charge is 0.381 e. The summed E-state index contributed by atoms with van der Waals surface area (Å²) in [5, 5.41) is 4.01. The third kappa shape index (κ3) is 3.99. The van der Waals surface area contributed by atoms with Crippen LogP contribution in [-0.4, -0.2) is 14.2 Å². The molecular formula is C16H18ClNO2S. The number of hydrogen-bond acceptors (Lipinski definition) is 3. The van der Waals surface area contributed by atoms with Gasteiger partial charge >= 0.3 is 0 Å². The molecule has 0 spiro atoms. The molecule has 0 amide bonds. The smallest absolute Gasteiger partial charge is 0.178 e. The van der Waals surface area contributed by atoms with Crippen LogP contribution in [0.3, 0.4) is 0 Å². The third-order valence-electron chi connectivity index (χ3n) is 3.38. The van der Waals surface area contributed by atoms with Crippen molar-refractivity contribution in [2.75, 3.05) is 11.1 Å². The van der Waals surface area contributed by atoms with Crippen LogP contribution in [0.25, 0.3) is 0 Å². The van der Waals surface area contributed by atoms with E-state index >= 15 is 0 Å². The SMILES string of the molecule is CCS(=O)(=O)c1ccc(NCc2ccc(Cl)cc2C)cc1. The third-order valence-corrected chi connectivity index (χ3v) is 5.37. The summed E-state index contributed by atoms with van der Waals surface area (Å²) in [6.45, 7) is 4.33. The number of benzene rings is 2. The van der Waals surface area contributed by atoms with Gasteiger partial charge in [0.15, 0.2) is 9.84 Å². The van der Waals surface area contributed by atoms with Crippen LogP contribution in [-0.2, 0) is 16.4 Å². The lowest BCUT2D eigenvalue weighted by atomic mass is 10.1. The molecule has 21 heavy (non-hydrogen) atoms. The summed E-state index contributed by atoms with van der Waals surface area (Å²) in [6, 6.07) is 12.6. The number of halogens is 1. The van der Waals surface area contributed by atoms with Gasteiger partial charge in [0.2, 0.25) is 0 Å². The van der Waals surface area contributed by atoms with Gasteiger partial charge in [-0.2, -0.15) is 0 Å². The monoisotopic (exact) mass is 323 g/mol. The molecule has 2 rings (SSSR count). The summed E-state index contributed by atoms with van der Waals surface area (Å²) in [4.78, 5) is 0.359. The summed E-state index contributed by atoms with van der Waals surface area (Å²) >= 11 is 5.93. The van der Waals surface area contributed by atoms with E-state index in [4.69, 9.17) is 11.6 Å². The highest BCUT2D eigenvalue weighted by Crippen LogP contribution is 2.18. The zero-order valence-electron chi connectivity index (χ0n) is 12.1. The molecule has 0 aliphatic heterocycles. The summed E-state index contributed by atoms with van der Waals surface area (Å²) in [7, 11) is -3.14. The van der Waals surface area contributed by atoms with Gasteiger partial charge in [0.05, 0.1) is 10.6 Å². The highest BCUT2D eigenvalue weighted by molar-refractivity contribution is 7.91. The Morgan fingerprint density at radius 3 is 2.33 bits per heavy atom. The molecule has 0 aliphatic rings. The fourth-order valence-electron chi connectivity index (χ4n) is 2.00. The Hall–Kier alpha value is -1.52. The first-order valence-electron chi connectivity index (χ1n) is 6.74. The van der Waals surface area contributed by atoms with Crippen molar-refractivity contribution in [1.82, 2.24) is 0 Å². The van der Waals surface area contributed by atoms with E-state index in [0.29, 0.717) is 11.4 Å². The maximum Gasteiger partial charge on any atom is 0.178 e. The van der Waals surface area contributed by atoms with Crippen LogP contribution < -0.4 is 5.32 Å². The fraction of sp³-hybridized carbons (Fsp3) is 0.250. The lowest BCUT2D eigenvalue weighted by Crippen LogP contribution is -2.04. The van der Waals surface area contributed by atoms with Crippen LogP contribution in [0.5, 0.6) is 0 Å². The quantitative estimate of drug-likeness (QED) is 0.902. The Bertz CT molecular complexity index is 724. The van der Waals surface area contributed by atoms with Crippen molar-refractivity contribution in [1.29, 1.82) is 0 Å². The van der Waals surface area contributed by atoms with Crippen LogP contribution in [0.1, 0.15) is 18.1 Å². The molecule has 3 nitrogen and oxygen atoms in total. The topological polar surface area (TPSA) is 46.2 Å². The zero-order chi connectivity index (χ0) is 15.5. The predicted molar refractivity (Wildman–Crippen MR) is 87.7 cm³/mol. The molecule has 0 aliphatic carbocycles. The van der Waals surface area contributed by atoms with Crippen molar-refractivity contribution in [3.05, 3.63) is 58.6 Å². The first-order valence-corrected chi connectivity index (χ1v) is 8.77. The van der Waals surface area contributed by atoms with Gasteiger partial charge in [-0.05, 0) is 54.4 Å². The molecule has 0 radical (unpaired) electrons. The van der Waals surface area contributed by atoms with Crippen molar-refractivity contribution in [2.45, 2.75) is 25.3 Å². The van der Waals surface area contributed by atoms with Gasteiger partial charge in [0.1, 0.15) is 0 Å². The predicted octanol–water partition coefficient (Wildman–Crippen LogP) is 4.05. The molecule has 0 atom stereocenters. The fourth-order valence-corrected chi connectivity index (χ4v) is 3.11. The normalized spacial score (nSPS) is 11.4. The van der Waals surface area contributed by atoms with E-state index in [2.05, 4.69) is 5.32 Å². The Balaban J connectivity index is 2.07. The maximum absolute atomic E-state index is 11.7. The second kappa shape index (κ2) is 6.50. The van der Waals surface area contributed by atoms with Gasteiger partial charge in [-0.3, -0.25) is 0 Å². The van der Waals surface area contributed by atoms with E-state index in [1.165, 1.54) is 0 Å². The first-order chi connectivity index (χ1) is 9.92. The van der Waals surface area contributed by atoms with Gasteiger partial charge in [-0.1, -0.05) is 24.6 Å². The van der Waals surface area contributed by atoms with Crippen molar-refractivity contribution >= 4 is 27.1 Å². The number of sulfone groups is 1. The summed E-state index contributed by atoms with van der Waals surface area (Å²) < 4.78 is 23.5. The van der Waals surface area contributed by atoms with Crippen LogP contribution >= 0.6 is 11.6 Å². The van der Waals surface area contributed by atoms with Crippen molar-refractivity contribution in [3.8, 4) is 0 Å². The number of nitrogens with one attached hydrogen (secondary N) is 1. The minimum absolute atomic E-state index is 0.115.